The van der Waals surface area contributed by atoms with E-state index in [4.69, 9.17) is 4.74 Å². The van der Waals surface area contributed by atoms with Crippen LogP contribution in [0.3, 0.4) is 0 Å². The lowest BCUT2D eigenvalue weighted by atomic mass is 9.98. The van der Waals surface area contributed by atoms with E-state index in [0.717, 1.165) is 42.4 Å². The minimum atomic E-state index is 0.00787. The maximum absolute atomic E-state index is 12.8. The van der Waals surface area contributed by atoms with E-state index >= 15 is 0 Å². The van der Waals surface area contributed by atoms with Gasteiger partial charge in [0.2, 0.25) is 0 Å². The van der Waals surface area contributed by atoms with E-state index in [0.29, 0.717) is 18.3 Å². The smallest absolute Gasteiger partial charge is 0.260 e. The highest BCUT2D eigenvalue weighted by molar-refractivity contribution is 5.84. The number of pyridine rings is 1. The standard InChI is InChI=1S/C26H37N3O3/c1-4-29-24-16-21(8-9-22(24)23(19(2)3)17-25(29)30)32-18-26(31)28-14-10-20(11-15-28)27-12-6-5-7-13-27/h8-9,16-17,19-20H,4-7,10-15,18H2,1-3H3. The number of carbonyl (C=O) groups is 1. The van der Waals surface area contributed by atoms with Crippen LogP contribution in [0.2, 0.25) is 0 Å². The number of carbonyl (C=O) groups excluding carboxylic acids is 1. The van der Waals surface area contributed by atoms with Crippen molar-refractivity contribution >= 4 is 16.8 Å². The molecule has 2 aliphatic rings. The van der Waals surface area contributed by atoms with Crippen LogP contribution in [0.15, 0.2) is 29.1 Å². The van der Waals surface area contributed by atoms with Crippen LogP contribution in [0.4, 0.5) is 0 Å². The van der Waals surface area contributed by atoms with Gasteiger partial charge in [0.25, 0.3) is 11.5 Å². The fourth-order valence-corrected chi connectivity index (χ4v) is 5.28. The van der Waals surface area contributed by atoms with Gasteiger partial charge in [-0.2, -0.15) is 0 Å². The predicted octanol–water partition coefficient (Wildman–Crippen LogP) is 4.00. The molecule has 2 aliphatic heterocycles. The van der Waals surface area contributed by atoms with Gasteiger partial charge in [0.15, 0.2) is 6.61 Å². The van der Waals surface area contributed by atoms with Crippen molar-refractivity contribution < 1.29 is 9.53 Å². The van der Waals surface area contributed by atoms with E-state index in [9.17, 15) is 9.59 Å². The normalized spacial score (nSPS) is 18.4. The molecular weight excluding hydrogens is 402 g/mol. The van der Waals surface area contributed by atoms with Gasteiger partial charge in [0.1, 0.15) is 5.75 Å². The van der Waals surface area contributed by atoms with Crippen molar-refractivity contribution in [1.29, 1.82) is 0 Å². The van der Waals surface area contributed by atoms with Gasteiger partial charge >= 0.3 is 0 Å². The van der Waals surface area contributed by atoms with Crippen LogP contribution in [0.5, 0.6) is 5.75 Å². The Labute approximate surface area is 191 Å². The molecule has 0 radical (unpaired) electrons. The number of nitrogens with zero attached hydrogens (tertiary/aromatic N) is 3. The molecule has 0 atom stereocenters. The van der Waals surface area contributed by atoms with Gasteiger partial charge in [-0.25, -0.2) is 0 Å². The first-order valence-corrected chi connectivity index (χ1v) is 12.3. The SMILES string of the molecule is CCn1c(=O)cc(C(C)C)c2ccc(OCC(=O)N3CCC(N4CCCCC4)CC3)cc21. The molecule has 0 saturated carbocycles. The van der Waals surface area contributed by atoms with E-state index in [1.165, 1.54) is 32.4 Å². The zero-order valence-electron chi connectivity index (χ0n) is 19.8. The largest absolute Gasteiger partial charge is 0.484 e. The molecule has 32 heavy (non-hydrogen) atoms. The van der Waals surface area contributed by atoms with Crippen molar-refractivity contribution in [3.05, 3.63) is 40.2 Å². The second kappa shape index (κ2) is 10.1. The maximum Gasteiger partial charge on any atom is 0.260 e. The maximum atomic E-state index is 12.8. The lowest BCUT2D eigenvalue weighted by Gasteiger charge is -2.40. The molecular formula is C26H37N3O3. The summed E-state index contributed by atoms with van der Waals surface area (Å²) in [5.74, 6) is 0.945. The third-order valence-electron chi connectivity index (χ3n) is 7.14. The molecule has 1 amide bonds. The molecule has 6 heteroatoms. The Morgan fingerprint density at radius 2 is 1.78 bits per heavy atom. The zero-order valence-corrected chi connectivity index (χ0v) is 19.8. The van der Waals surface area contributed by atoms with Crippen LogP contribution in [0.1, 0.15) is 64.4 Å². The number of likely N-dealkylation sites (tertiary alicyclic amines) is 2. The first-order valence-electron chi connectivity index (χ1n) is 12.3. The summed E-state index contributed by atoms with van der Waals surface area (Å²) >= 11 is 0. The molecule has 6 nitrogen and oxygen atoms in total. The molecule has 0 unspecified atom stereocenters. The number of rotatable bonds is 6. The van der Waals surface area contributed by atoms with E-state index in [1.54, 1.807) is 10.6 Å². The lowest BCUT2D eigenvalue weighted by molar-refractivity contribution is -0.135. The summed E-state index contributed by atoms with van der Waals surface area (Å²) in [6.07, 6.45) is 6.09. The summed E-state index contributed by atoms with van der Waals surface area (Å²) in [5.41, 5.74) is 1.93. The Bertz CT molecular complexity index is 999. The lowest BCUT2D eigenvalue weighted by Crippen LogP contribution is -2.49. The Kier molecular flexibility index (Phi) is 7.19. The van der Waals surface area contributed by atoms with Gasteiger partial charge in [0, 0.05) is 43.2 Å². The number of hydrogen-bond donors (Lipinski definition) is 0. The van der Waals surface area contributed by atoms with Crippen LogP contribution < -0.4 is 10.3 Å². The van der Waals surface area contributed by atoms with Crippen LogP contribution in [-0.4, -0.2) is 59.1 Å². The average Bonchev–Trinajstić information content (AvgIpc) is 2.82. The van der Waals surface area contributed by atoms with Crippen LogP contribution in [0.25, 0.3) is 10.9 Å². The van der Waals surface area contributed by atoms with Gasteiger partial charge in [-0.15, -0.1) is 0 Å². The minimum Gasteiger partial charge on any atom is -0.484 e. The number of aryl methyl sites for hydroxylation is 1. The van der Waals surface area contributed by atoms with Crippen LogP contribution >= 0.6 is 0 Å². The molecule has 2 saturated heterocycles. The highest BCUT2D eigenvalue weighted by atomic mass is 16.5. The molecule has 0 bridgehead atoms. The monoisotopic (exact) mass is 439 g/mol. The molecule has 0 N–H and O–H groups in total. The molecule has 3 heterocycles. The minimum absolute atomic E-state index is 0.00787. The number of amides is 1. The molecule has 1 aromatic carbocycles. The van der Waals surface area contributed by atoms with Crippen LogP contribution in [-0.2, 0) is 11.3 Å². The Morgan fingerprint density at radius 3 is 2.44 bits per heavy atom. The molecule has 4 rings (SSSR count). The van der Waals surface area contributed by atoms with Crippen molar-refractivity contribution in [3.8, 4) is 5.75 Å². The van der Waals surface area contributed by atoms with Gasteiger partial charge in [0.05, 0.1) is 5.52 Å². The van der Waals surface area contributed by atoms with Gasteiger partial charge in [-0.3, -0.25) is 9.59 Å². The quantitative estimate of drug-likeness (QED) is 0.683. The van der Waals surface area contributed by atoms with Gasteiger partial charge in [-0.05, 0) is 69.3 Å². The molecule has 0 aliphatic carbocycles. The summed E-state index contributed by atoms with van der Waals surface area (Å²) < 4.78 is 7.66. The fraction of sp³-hybridized carbons (Fsp3) is 0.615. The van der Waals surface area contributed by atoms with Crippen molar-refractivity contribution in [2.24, 2.45) is 0 Å². The van der Waals surface area contributed by atoms with E-state index in [2.05, 4.69) is 18.7 Å². The summed E-state index contributed by atoms with van der Waals surface area (Å²) in [6.45, 7) is 10.9. The number of ether oxygens (including phenoxy) is 1. The first-order chi connectivity index (χ1) is 15.5. The number of aromatic nitrogens is 1. The highest BCUT2D eigenvalue weighted by Crippen LogP contribution is 2.27. The zero-order chi connectivity index (χ0) is 22.7. The third kappa shape index (κ3) is 4.85. The van der Waals surface area contributed by atoms with E-state index in [1.807, 2.05) is 30.0 Å². The van der Waals surface area contributed by atoms with Crippen molar-refractivity contribution in [2.75, 3.05) is 32.8 Å². The van der Waals surface area contributed by atoms with Gasteiger partial charge < -0.3 is 19.1 Å². The van der Waals surface area contributed by atoms with Crippen molar-refractivity contribution in [3.63, 3.8) is 0 Å². The highest BCUT2D eigenvalue weighted by Gasteiger charge is 2.27. The number of benzene rings is 1. The molecule has 2 aromatic rings. The fourth-order valence-electron chi connectivity index (χ4n) is 5.28. The topological polar surface area (TPSA) is 54.8 Å². The molecule has 2 fully saturated rings. The molecule has 0 spiro atoms. The predicted molar refractivity (Wildman–Crippen MR) is 128 cm³/mol. The van der Waals surface area contributed by atoms with Crippen molar-refractivity contribution in [1.82, 2.24) is 14.4 Å². The second-order valence-electron chi connectivity index (χ2n) is 9.51. The molecule has 1 aromatic heterocycles. The Balaban J connectivity index is 1.40. The average molecular weight is 440 g/mol. The number of piperidine rings is 2. The molecule has 174 valence electrons. The van der Waals surface area contributed by atoms with Crippen LogP contribution in [0, 0.1) is 0 Å². The Hall–Kier alpha value is -2.34. The summed E-state index contributed by atoms with van der Waals surface area (Å²) in [5, 5.41) is 1.07. The Morgan fingerprint density at radius 1 is 1.06 bits per heavy atom. The van der Waals surface area contributed by atoms with Gasteiger partial charge in [-0.1, -0.05) is 20.3 Å². The summed E-state index contributed by atoms with van der Waals surface area (Å²) in [4.78, 5) is 29.9. The van der Waals surface area contributed by atoms with E-state index < -0.39 is 0 Å². The van der Waals surface area contributed by atoms with Crippen molar-refractivity contribution in [2.45, 2.75) is 71.4 Å². The third-order valence-corrected chi connectivity index (χ3v) is 7.14. The van der Waals surface area contributed by atoms with E-state index in [-0.39, 0.29) is 24.0 Å². The first kappa shape index (κ1) is 22.8. The number of hydrogen-bond acceptors (Lipinski definition) is 4. The second-order valence-corrected chi connectivity index (χ2v) is 9.51. The summed E-state index contributed by atoms with van der Waals surface area (Å²) in [7, 11) is 0. The summed E-state index contributed by atoms with van der Waals surface area (Å²) in [6, 6.07) is 8.20. The number of fused-ring (bicyclic) bond motifs is 1.